The van der Waals surface area contributed by atoms with Gasteiger partial charge in [-0.25, -0.2) is 14.8 Å². The molecule has 0 unspecified atom stereocenters. The average Bonchev–Trinajstić information content (AvgIpc) is 2.91. The summed E-state index contributed by atoms with van der Waals surface area (Å²) in [6.45, 7) is 2.69. The van der Waals surface area contributed by atoms with Gasteiger partial charge < -0.3 is 20.4 Å². The third kappa shape index (κ3) is 2.88. The normalized spacial score (nSPS) is 10.8. The number of aromatic amines is 1. The van der Waals surface area contributed by atoms with Gasteiger partial charge in [-0.2, -0.15) is 0 Å². The summed E-state index contributed by atoms with van der Waals surface area (Å²) in [6.07, 6.45) is 1.43. The molecule has 0 aliphatic rings. The van der Waals surface area contributed by atoms with E-state index >= 15 is 0 Å². The molecule has 0 saturated carbocycles. The zero-order valence-corrected chi connectivity index (χ0v) is 13.6. The monoisotopic (exact) mass is 325 g/mol. The lowest BCUT2D eigenvalue weighted by molar-refractivity contribution is 0.0530. The minimum atomic E-state index is -0.489. The molecule has 0 spiro atoms. The fourth-order valence-corrected chi connectivity index (χ4v) is 2.64. The van der Waals surface area contributed by atoms with Gasteiger partial charge in [-0.15, -0.1) is 0 Å². The first-order valence-corrected chi connectivity index (χ1v) is 7.66. The van der Waals surface area contributed by atoms with Crippen LogP contribution in [0.5, 0.6) is 0 Å². The summed E-state index contributed by atoms with van der Waals surface area (Å²) in [4.78, 5) is 25.6. The number of rotatable bonds is 5. The first-order chi connectivity index (χ1) is 11.6. The lowest BCUT2D eigenvalue weighted by Gasteiger charge is -2.18. The maximum absolute atomic E-state index is 12.1. The van der Waals surface area contributed by atoms with Crippen molar-refractivity contribution in [3.63, 3.8) is 0 Å². The van der Waals surface area contributed by atoms with E-state index in [0.717, 1.165) is 5.56 Å². The van der Waals surface area contributed by atoms with Crippen LogP contribution < -0.4 is 10.6 Å². The average molecular weight is 325 g/mol. The molecular weight excluding hydrogens is 306 g/mol. The van der Waals surface area contributed by atoms with Gasteiger partial charge in [-0.1, -0.05) is 30.3 Å². The maximum atomic E-state index is 12.1. The van der Waals surface area contributed by atoms with E-state index in [1.807, 2.05) is 42.3 Å². The van der Waals surface area contributed by atoms with Gasteiger partial charge in [-0.3, -0.25) is 0 Å². The van der Waals surface area contributed by atoms with E-state index in [-0.39, 0.29) is 18.0 Å². The van der Waals surface area contributed by atoms with Gasteiger partial charge in [-0.05, 0) is 12.5 Å². The molecule has 0 saturated heterocycles. The van der Waals surface area contributed by atoms with Crippen LogP contribution in [0.4, 0.5) is 11.6 Å². The van der Waals surface area contributed by atoms with Crippen molar-refractivity contribution in [1.82, 2.24) is 15.0 Å². The molecule has 0 aliphatic carbocycles. The number of fused-ring (bicyclic) bond motifs is 1. The second kappa shape index (κ2) is 6.57. The van der Waals surface area contributed by atoms with Crippen LogP contribution in [0.15, 0.2) is 36.7 Å². The van der Waals surface area contributed by atoms with Crippen LogP contribution in [0.25, 0.3) is 11.0 Å². The highest BCUT2D eigenvalue weighted by Crippen LogP contribution is 2.29. The third-order valence-corrected chi connectivity index (χ3v) is 3.70. The maximum Gasteiger partial charge on any atom is 0.344 e. The molecule has 7 nitrogen and oxygen atoms in total. The van der Waals surface area contributed by atoms with Crippen molar-refractivity contribution in [2.45, 2.75) is 13.5 Å². The standard InChI is InChI=1S/C17H19N5O2/c1-3-24-17(23)12-13-14(21-15(12)18)16(20-10-19-13)22(2)9-11-7-5-4-6-8-11/h4-8,10,21H,3,9,18H2,1-2H3. The molecule has 2 heterocycles. The number of benzene rings is 1. The first-order valence-electron chi connectivity index (χ1n) is 7.66. The SMILES string of the molecule is CCOC(=O)c1c(N)[nH]c2c(N(C)Cc3ccccc3)ncnc12. The Morgan fingerprint density at radius 2 is 2.04 bits per heavy atom. The summed E-state index contributed by atoms with van der Waals surface area (Å²) in [5.74, 6) is 0.418. The molecule has 7 heteroatoms. The lowest BCUT2D eigenvalue weighted by atomic mass is 10.2. The number of hydrogen-bond acceptors (Lipinski definition) is 6. The number of anilines is 2. The fourth-order valence-electron chi connectivity index (χ4n) is 2.64. The number of ether oxygens (including phenoxy) is 1. The predicted molar refractivity (Wildman–Crippen MR) is 92.8 cm³/mol. The Kier molecular flexibility index (Phi) is 4.33. The number of H-pyrrole nitrogens is 1. The Morgan fingerprint density at radius 1 is 1.29 bits per heavy atom. The van der Waals surface area contributed by atoms with Crippen molar-refractivity contribution in [2.24, 2.45) is 0 Å². The van der Waals surface area contributed by atoms with E-state index < -0.39 is 5.97 Å². The second-order valence-electron chi connectivity index (χ2n) is 5.40. The highest BCUT2D eigenvalue weighted by Gasteiger charge is 2.22. The number of nitrogens with two attached hydrogens (primary N) is 1. The van der Waals surface area contributed by atoms with Crippen LogP contribution in [-0.2, 0) is 11.3 Å². The Bertz CT molecular complexity index is 860. The zero-order valence-electron chi connectivity index (χ0n) is 13.6. The zero-order chi connectivity index (χ0) is 17.1. The summed E-state index contributed by atoms with van der Waals surface area (Å²) < 4.78 is 5.06. The lowest BCUT2D eigenvalue weighted by Crippen LogP contribution is -2.18. The molecule has 3 N–H and O–H groups in total. The van der Waals surface area contributed by atoms with Crippen LogP contribution in [0.3, 0.4) is 0 Å². The van der Waals surface area contributed by atoms with E-state index in [9.17, 15) is 4.79 Å². The molecule has 124 valence electrons. The van der Waals surface area contributed by atoms with Gasteiger partial charge in [0.05, 0.1) is 6.61 Å². The van der Waals surface area contributed by atoms with Crippen molar-refractivity contribution in [2.75, 3.05) is 24.3 Å². The smallest absolute Gasteiger partial charge is 0.344 e. The summed E-state index contributed by atoms with van der Waals surface area (Å²) in [7, 11) is 1.93. The highest BCUT2D eigenvalue weighted by molar-refractivity contribution is 6.09. The van der Waals surface area contributed by atoms with Crippen LogP contribution >= 0.6 is 0 Å². The molecule has 2 aromatic heterocycles. The number of carbonyl (C=O) groups is 1. The molecule has 3 aromatic rings. The summed E-state index contributed by atoms with van der Waals surface area (Å²) in [5.41, 5.74) is 8.46. The van der Waals surface area contributed by atoms with E-state index in [1.165, 1.54) is 6.33 Å². The number of esters is 1. The molecule has 0 bridgehead atoms. The topological polar surface area (TPSA) is 97.1 Å². The summed E-state index contributed by atoms with van der Waals surface area (Å²) in [6, 6.07) is 10.0. The minimum absolute atomic E-state index is 0.235. The number of carbonyl (C=O) groups excluding carboxylic acids is 1. The largest absolute Gasteiger partial charge is 0.462 e. The van der Waals surface area contributed by atoms with Crippen LogP contribution in [0, 0.1) is 0 Å². The number of aromatic nitrogens is 3. The molecular formula is C17H19N5O2. The summed E-state index contributed by atoms with van der Waals surface area (Å²) in [5, 5.41) is 0. The van der Waals surface area contributed by atoms with E-state index in [4.69, 9.17) is 10.5 Å². The van der Waals surface area contributed by atoms with Gasteiger partial charge in [0.15, 0.2) is 5.82 Å². The predicted octanol–water partition coefficient (Wildman–Crippen LogP) is 2.35. The Labute approximate surface area is 139 Å². The molecule has 0 aliphatic heterocycles. The molecule has 0 atom stereocenters. The van der Waals surface area contributed by atoms with Crippen LogP contribution in [0.1, 0.15) is 22.8 Å². The quantitative estimate of drug-likeness (QED) is 0.699. The third-order valence-electron chi connectivity index (χ3n) is 3.70. The Hall–Kier alpha value is -3.09. The number of nitrogen functional groups attached to an aromatic ring is 1. The fraction of sp³-hybridized carbons (Fsp3) is 0.235. The van der Waals surface area contributed by atoms with Gasteiger partial charge in [0.1, 0.15) is 28.7 Å². The molecule has 0 fully saturated rings. The van der Waals surface area contributed by atoms with Gasteiger partial charge in [0, 0.05) is 13.6 Å². The number of nitrogens with one attached hydrogen (secondary N) is 1. The van der Waals surface area contributed by atoms with Crippen LogP contribution in [-0.4, -0.2) is 34.6 Å². The van der Waals surface area contributed by atoms with Crippen molar-refractivity contribution in [1.29, 1.82) is 0 Å². The highest BCUT2D eigenvalue weighted by atomic mass is 16.5. The van der Waals surface area contributed by atoms with E-state index in [1.54, 1.807) is 6.92 Å². The summed E-state index contributed by atoms with van der Waals surface area (Å²) >= 11 is 0. The Balaban J connectivity index is 2.00. The van der Waals surface area contributed by atoms with Gasteiger partial charge in [0.2, 0.25) is 0 Å². The molecule has 3 rings (SSSR count). The van der Waals surface area contributed by atoms with Crippen molar-refractivity contribution >= 4 is 28.6 Å². The number of nitrogens with zero attached hydrogens (tertiary/aromatic N) is 3. The van der Waals surface area contributed by atoms with Gasteiger partial charge in [0.25, 0.3) is 0 Å². The van der Waals surface area contributed by atoms with Crippen LogP contribution in [0.2, 0.25) is 0 Å². The molecule has 1 aromatic carbocycles. The number of hydrogen-bond donors (Lipinski definition) is 2. The van der Waals surface area contributed by atoms with Crippen molar-refractivity contribution < 1.29 is 9.53 Å². The minimum Gasteiger partial charge on any atom is -0.462 e. The molecule has 0 radical (unpaired) electrons. The molecule has 0 amide bonds. The van der Waals surface area contributed by atoms with Crippen molar-refractivity contribution in [3.8, 4) is 0 Å². The Morgan fingerprint density at radius 3 is 2.75 bits per heavy atom. The van der Waals surface area contributed by atoms with Gasteiger partial charge >= 0.3 is 5.97 Å². The second-order valence-corrected chi connectivity index (χ2v) is 5.40. The van der Waals surface area contributed by atoms with E-state index in [2.05, 4.69) is 15.0 Å². The first kappa shape index (κ1) is 15.8. The molecule has 24 heavy (non-hydrogen) atoms. The van der Waals surface area contributed by atoms with E-state index in [0.29, 0.717) is 23.4 Å². The van der Waals surface area contributed by atoms with Crippen molar-refractivity contribution in [3.05, 3.63) is 47.8 Å².